The molecule has 196 valence electrons. The Morgan fingerprint density at radius 3 is 2.35 bits per heavy atom. The summed E-state index contributed by atoms with van der Waals surface area (Å²) in [7, 11) is 0. The molecule has 37 heavy (non-hydrogen) atoms. The van der Waals surface area contributed by atoms with Gasteiger partial charge in [-0.05, 0) is 79.3 Å². The van der Waals surface area contributed by atoms with Crippen LogP contribution in [-0.4, -0.2) is 17.8 Å². The topological polar surface area (TPSA) is 38.7 Å². The summed E-state index contributed by atoms with van der Waals surface area (Å²) < 4.78 is 55.7. The van der Waals surface area contributed by atoms with Crippen molar-refractivity contribution in [2.24, 2.45) is 0 Å². The first kappa shape index (κ1) is 27.0. The number of ether oxygens (including phenoxy) is 2. The van der Waals surface area contributed by atoms with E-state index in [4.69, 9.17) is 9.47 Å². The minimum atomic E-state index is -0.848. The van der Waals surface area contributed by atoms with E-state index in [9.17, 15) is 9.50 Å². The van der Waals surface area contributed by atoms with Crippen LogP contribution in [-0.2, 0) is 11.3 Å². The highest BCUT2D eigenvalue weighted by atomic mass is 19.2. The van der Waals surface area contributed by atoms with Crippen molar-refractivity contribution in [1.29, 1.82) is 0 Å². The summed E-state index contributed by atoms with van der Waals surface area (Å²) in [6, 6.07) is 14.9. The molecule has 3 aromatic carbocycles. The zero-order chi connectivity index (χ0) is 26.4. The summed E-state index contributed by atoms with van der Waals surface area (Å²) in [6.07, 6.45) is 4.55. The fourth-order valence-corrected chi connectivity index (χ4v) is 4.80. The van der Waals surface area contributed by atoms with Gasteiger partial charge in [-0.2, -0.15) is 0 Å². The number of hydrogen-bond donors (Lipinski definition) is 1. The number of rotatable bonds is 10. The molecule has 1 atom stereocenters. The lowest BCUT2D eigenvalue weighted by Crippen LogP contribution is -2.21. The molecule has 1 aliphatic rings. The second kappa shape index (κ2) is 12.4. The normalized spacial score (nSPS) is 18.4. The van der Waals surface area contributed by atoms with Gasteiger partial charge in [0.15, 0.2) is 23.2 Å². The molecule has 1 N–H and O–H groups in total. The van der Waals surface area contributed by atoms with E-state index < -0.39 is 23.6 Å². The Labute approximate surface area is 216 Å². The van der Waals surface area contributed by atoms with Crippen molar-refractivity contribution in [1.82, 2.24) is 0 Å². The van der Waals surface area contributed by atoms with Gasteiger partial charge in [0.2, 0.25) is 0 Å². The molecule has 0 aliphatic heterocycles. The molecule has 0 amide bonds. The fraction of sp³-hybridized carbons (Fsp3) is 0.355. The zero-order valence-electron chi connectivity index (χ0n) is 21.1. The fourth-order valence-electron chi connectivity index (χ4n) is 4.80. The van der Waals surface area contributed by atoms with Crippen LogP contribution in [0.2, 0.25) is 0 Å². The molecule has 1 fully saturated rings. The lowest BCUT2D eigenvalue weighted by atomic mass is 9.82. The third-order valence-electron chi connectivity index (χ3n) is 6.99. The average Bonchev–Trinajstić information content (AvgIpc) is 2.91. The zero-order valence-corrected chi connectivity index (χ0v) is 21.1. The van der Waals surface area contributed by atoms with E-state index in [1.165, 1.54) is 6.07 Å². The van der Waals surface area contributed by atoms with Gasteiger partial charge in [0.25, 0.3) is 0 Å². The SMILES string of the molecule is C=CCCOc1ccc(COC2CCC(c3ccc(-c4ccc(C(C)O)cc4)c(F)c3F)CC2)cc1F. The summed E-state index contributed by atoms with van der Waals surface area (Å²) in [4.78, 5) is 0. The van der Waals surface area contributed by atoms with Gasteiger partial charge < -0.3 is 14.6 Å². The molecule has 6 heteroatoms. The van der Waals surface area contributed by atoms with Gasteiger partial charge in [-0.1, -0.05) is 48.5 Å². The molecule has 0 spiro atoms. The summed E-state index contributed by atoms with van der Waals surface area (Å²) in [6.45, 7) is 5.93. The van der Waals surface area contributed by atoms with Crippen molar-refractivity contribution in [3.05, 3.63) is 101 Å². The van der Waals surface area contributed by atoms with Crippen molar-refractivity contribution in [2.45, 2.75) is 63.8 Å². The van der Waals surface area contributed by atoms with E-state index in [0.29, 0.717) is 37.0 Å². The Bertz CT molecular complexity index is 1200. The van der Waals surface area contributed by atoms with E-state index in [2.05, 4.69) is 6.58 Å². The van der Waals surface area contributed by atoms with E-state index in [1.54, 1.807) is 61.5 Å². The second-order valence-corrected chi connectivity index (χ2v) is 9.60. The highest BCUT2D eigenvalue weighted by Gasteiger charge is 2.27. The first-order valence-electron chi connectivity index (χ1n) is 12.8. The Balaban J connectivity index is 1.32. The third-order valence-corrected chi connectivity index (χ3v) is 6.99. The van der Waals surface area contributed by atoms with Crippen LogP contribution < -0.4 is 4.74 Å². The summed E-state index contributed by atoms with van der Waals surface area (Å²) in [5, 5.41) is 9.66. The van der Waals surface area contributed by atoms with Crippen LogP contribution in [0, 0.1) is 17.5 Å². The van der Waals surface area contributed by atoms with Crippen molar-refractivity contribution >= 4 is 0 Å². The predicted octanol–water partition coefficient (Wildman–Crippen LogP) is 8.02. The summed E-state index contributed by atoms with van der Waals surface area (Å²) in [5.74, 6) is -1.94. The first-order chi connectivity index (χ1) is 17.9. The summed E-state index contributed by atoms with van der Waals surface area (Å²) in [5.41, 5.74) is 2.61. The first-order valence-corrected chi connectivity index (χ1v) is 12.8. The molecule has 1 aliphatic carbocycles. The van der Waals surface area contributed by atoms with Crippen molar-refractivity contribution in [3.8, 4) is 16.9 Å². The maximum Gasteiger partial charge on any atom is 0.166 e. The van der Waals surface area contributed by atoms with Crippen LogP contribution in [0.15, 0.2) is 67.3 Å². The molecule has 0 aromatic heterocycles. The quantitative estimate of drug-likeness (QED) is 0.222. The van der Waals surface area contributed by atoms with Gasteiger partial charge in [-0.25, -0.2) is 13.2 Å². The van der Waals surface area contributed by atoms with Gasteiger partial charge in [0, 0.05) is 5.56 Å². The Hall–Kier alpha value is -3.09. The largest absolute Gasteiger partial charge is 0.490 e. The lowest BCUT2D eigenvalue weighted by Gasteiger charge is -2.29. The number of halogens is 3. The molecule has 0 radical (unpaired) electrons. The Morgan fingerprint density at radius 2 is 1.70 bits per heavy atom. The highest BCUT2D eigenvalue weighted by Crippen LogP contribution is 2.38. The lowest BCUT2D eigenvalue weighted by molar-refractivity contribution is 0.0130. The molecule has 0 heterocycles. The van der Waals surface area contributed by atoms with Crippen LogP contribution in [0.3, 0.4) is 0 Å². The van der Waals surface area contributed by atoms with Crippen LogP contribution >= 0.6 is 0 Å². The van der Waals surface area contributed by atoms with Crippen molar-refractivity contribution < 1.29 is 27.8 Å². The monoisotopic (exact) mass is 510 g/mol. The van der Waals surface area contributed by atoms with Crippen molar-refractivity contribution in [2.75, 3.05) is 6.61 Å². The minimum absolute atomic E-state index is 0.0116. The van der Waals surface area contributed by atoms with Gasteiger partial charge >= 0.3 is 0 Å². The minimum Gasteiger partial charge on any atom is -0.490 e. The standard InChI is InChI=1S/C31H33F3O3/c1-3-4-17-36-29-16-5-21(18-28(29)32)19-37-25-12-10-24(11-13-25)27-15-14-26(30(33)31(27)34)23-8-6-22(7-9-23)20(2)35/h3,5-9,14-16,18,20,24-25,35H,1,4,10-13,17,19H2,2H3. The van der Waals surface area contributed by atoms with Gasteiger partial charge in [-0.3, -0.25) is 0 Å². The average molecular weight is 511 g/mol. The van der Waals surface area contributed by atoms with Crippen LogP contribution in [0.1, 0.15) is 67.7 Å². The summed E-state index contributed by atoms with van der Waals surface area (Å²) >= 11 is 0. The molecular formula is C31H33F3O3. The molecule has 4 rings (SSSR count). The number of benzene rings is 3. The Kier molecular flexibility index (Phi) is 9.06. The van der Waals surface area contributed by atoms with E-state index in [-0.39, 0.29) is 29.9 Å². The van der Waals surface area contributed by atoms with Crippen LogP contribution in [0.4, 0.5) is 13.2 Å². The van der Waals surface area contributed by atoms with Gasteiger partial charge in [0.1, 0.15) is 0 Å². The molecule has 3 aromatic rings. The number of hydrogen-bond acceptors (Lipinski definition) is 3. The number of aliphatic hydroxyl groups excluding tert-OH is 1. The predicted molar refractivity (Wildman–Crippen MR) is 139 cm³/mol. The van der Waals surface area contributed by atoms with E-state index >= 15 is 8.78 Å². The van der Waals surface area contributed by atoms with Crippen molar-refractivity contribution in [3.63, 3.8) is 0 Å². The Morgan fingerprint density at radius 1 is 0.973 bits per heavy atom. The molecular weight excluding hydrogens is 477 g/mol. The molecule has 1 unspecified atom stereocenters. The van der Waals surface area contributed by atoms with Gasteiger partial charge in [0.05, 0.1) is 25.4 Å². The third kappa shape index (κ3) is 6.62. The number of aliphatic hydroxyl groups is 1. The highest BCUT2D eigenvalue weighted by molar-refractivity contribution is 5.65. The van der Waals surface area contributed by atoms with Crippen LogP contribution in [0.25, 0.3) is 11.1 Å². The molecule has 0 bridgehead atoms. The molecule has 1 saturated carbocycles. The smallest absolute Gasteiger partial charge is 0.166 e. The van der Waals surface area contributed by atoms with Gasteiger partial charge in [-0.15, -0.1) is 6.58 Å². The molecule has 0 saturated heterocycles. The maximum absolute atomic E-state index is 15.1. The van der Waals surface area contributed by atoms with Crippen LogP contribution in [0.5, 0.6) is 5.75 Å². The molecule has 3 nitrogen and oxygen atoms in total. The van der Waals surface area contributed by atoms with E-state index in [1.807, 2.05) is 0 Å². The van der Waals surface area contributed by atoms with E-state index in [0.717, 1.165) is 24.0 Å². The second-order valence-electron chi connectivity index (χ2n) is 9.60. The maximum atomic E-state index is 15.1.